The van der Waals surface area contributed by atoms with Crippen molar-refractivity contribution in [3.05, 3.63) is 23.0 Å². The SMILES string of the molecule is CCCCCCCCCCn1c(C)cc2c1CCCC2=O. The molecule has 1 aliphatic rings. The first-order valence-corrected chi connectivity index (χ1v) is 8.96. The fourth-order valence-electron chi connectivity index (χ4n) is 3.51. The average Bonchev–Trinajstić information content (AvgIpc) is 2.80. The zero-order valence-corrected chi connectivity index (χ0v) is 13.9. The van der Waals surface area contributed by atoms with Crippen LogP contribution in [-0.4, -0.2) is 10.4 Å². The van der Waals surface area contributed by atoms with E-state index in [4.69, 9.17) is 0 Å². The zero-order valence-electron chi connectivity index (χ0n) is 13.9. The first-order chi connectivity index (χ1) is 10.2. The lowest BCUT2D eigenvalue weighted by Gasteiger charge is -2.16. The summed E-state index contributed by atoms with van der Waals surface area (Å²) in [6.07, 6.45) is 13.7. The van der Waals surface area contributed by atoms with Crippen molar-refractivity contribution in [1.29, 1.82) is 0 Å². The lowest BCUT2D eigenvalue weighted by molar-refractivity contribution is 0.0971. The highest BCUT2D eigenvalue weighted by Gasteiger charge is 2.22. The predicted octanol–water partition coefficient (Wildman–Crippen LogP) is 5.46. The molecule has 0 saturated heterocycles. The van der Waals surface area contributed by atoms with Crippen LogP contribution in [0.15, 0.2) is 6.07 Å². The van der Waals surface area contributed by atoms with Crippen LogP contribution < -0.4 is 0 Å². The first-order valence-electron chi connectivity index (χ1n) is 8.96. The van der Waals surface area contributed by atoms with Crippen molar-refractivity contribution in [3.8, 4) is 0 Å². The van der Waals surface area contributed by atoms with E-state index in [2.05, 4.69) is 24.5 Å². The van der Waals surface area contributed by atoms with E-state index in [9.17, 15) is 4.79 Å². The number of aromatic nitrogens is 1. The second-order valence-corrected chi connectivity index (χ2v) is 6.55. The summed E-state index contributed by atoms with van der Waals surface area (Å²) in [6, 6.07) is 2.11. The molecule has 0 unspecified atom stereocenters. The number of Topliss-reactive ketones (excluding diaryl/α,β-unsaturated/α-hetero) is 1. The Balaban J connectivity index is 1.73. The number of aryl methyl sites for hydroxylation is 1. The van der Waals surface area contributed by atoms with Crippen LogP contribution in [0.3, 0.4) is 0 Å². The summed E-state index contributed by atoms with van der Waals surface area (Å²) in [4.78, 5) is 11.9. The van der Waals surface area contributed by atoms with E-state index in [1.807, 2.05) is 0 Å². The number of fused-ring (bicyclic) bond motifs is 1. The Bertz CT molecular complexity index is 458. The molecule has 0 bridgehead atoms. The molecule has 0 saturated carbocycles. The average molecular weight is 289 g/mol. The number of unbranched alkanes of at least 4 members (excludes halogenated alkanes) is 7. The molecule has 0 N–H and O–H groups in total. The van der Waals surface area contributed by atoms with Gasteiger partial charge in [0.05, 0.1) is 0 Å². The molecule has 0 fully saturated rings. The van der Waals surface area contributed by atoms with Gasteiger partial charge in [0.2, 0.25) is 0 Å². The topological polar surface area (TPSA) is 22.0 Å². The maximum Gasteiger partial charge on any atom is 0.164 e. The van der Waals surface area contributed by atoms with Gasteiger partial charge >= 0.3 is 0 Å². The van der Waals surface area contributed by atoms with Crippen molar-refractivity contribution >= 4 is 5.78 Å². The summed E-state index contributed by atoms with van der Waals surface area (Å²) in [6.45, 7) is 5.52. The quantitative estimate of drug-likeness (QED) is 0.553. The van der Waals surface area contributed by atoms with Gasteiger partial charge in [-0.2, -0.15) is 0 Å². The number of hydrogen-bond acceptors (Lipinski definition) is 1. The fourth-order valence-corrected chi connectivity index (χ4v) is 3.51. The fraction of sp³-hybridized carbons (Fsp3) is 0.737. The van der Waals surface area contributed by atoms with Gasteiger partial charge in [-0.05, 0) is 32.3 Å². The monoisotopic (exact) mass is 289 g/mol. The summed E-state index contributed by atoms with van der Waals surface area (Å²) in [5.41, 5.74) is 3.60. The van der Waals surface area contributed by atoms with Crippen molar-refractivity contribution in [2.45, 2.75) is 91.0 Å². The molecule has 1 heterocycles. The third-order valence-corrected chi connectivity index (χ3v) is 4.77. The Hall–Kier alpha value is -1.05. The van der Waals surface area contributed by atoms with Gasteiger partial charge in [0.1, 0.15) is 0 Å². The van der Waals surface area contributed by atoms with Crippen LogP contribution in [0, 0.1) is 6.92 Å². The van der Waals surface area contributed by atoms with Gasteiger partial charge in [-0.3, -0.25) is 4.79 Å². The summed E-state index contributed by atoms with van der Waals surface area (Å²) in [5, 5.41) is 0. The molecule has 118 valence electrons. The number of rotatable bonds is 9. The van der Waals surface area contributed by atoms with Crippen LogP contribution in [0.4, 0.5) is 0 Å². The molecule has 1 aromatic heterocycles. The Kier molecular flexibility index (Phi) is 6.53. The number of carbonyl (C=O) groups excluding carboxylic acids is 1. The molecule has 0 amide bonds. The highest BCUT2D eigenvalue weighted by atomic mass is 16.1. The van der Waals surface area contributed by atoms with Gasteiger partial charge in [0, 0.05) is 29.9 Å². The molecular formula is C19H31NO. The minimum atomic E-state index is 0.356. The van der Waals surface area contributed by atoms with Gasteiger partial charge in [0.25, 0.3) is 0 Å². The highest BCUT2D eigenvalue weighted by molar-refractivity contribution is 5.98. The van der Waals surface area contributed by atoms with Crippen molar-refractivity contribution in [2.75, 3.05) is 0 Å². The molecule has 21 heavy (non-hydrogen) atoms. The summed E-state index contributed by atoms with van der Waals surface area (Å²) in [5.74, 6) is 0.356. The van der Waals surface area contributed by atoms with E-state index in [-0.39, 0.29) is 0 Å². The summed E-state index contributed by atoms with van der Waals surface area (Å²) >= 11 is 0. The Morgan fingerprint density at radius 3 is 2.38 bits per heavy atom. The van der Waals surface area contributed by atoms with Crippen LogP contribution in [0.5, 0.6) is 0 Å². The van der Waals surface area contributed by atoms with Crippen molar-refractivity contribution in [3.63, 3.8) is 0 Å². The minimum absolute atomic E-state index is 0.356. The van der Waals surface area contributed by atoms with E-state index in [0.717, 1.165) is 31.4 Å². The van der Waals surface area contributed by atoms with Gasteiger partial charge in [-0.15, -0.1) is 0 Å². The Labute approximate surface area is 129 Å². The number of hydrogen-bond donors (Lipinski definition) is 0. The summed E-state index contributed by atoms with van der Waals surface area (Å²) < 4.78 is 2.41. The van der Waals surface area contributed by atoms with Crippen LogP contribution in [0.1, 0.15) is 92.9 Å². The maximum absolute atomic E-state index is 11.9. The lowest BCUT2D eigenvalue weighted by Crippen LogP contribution is -2.13. The van der Waals surface area contributed by atoms with Crippen molar-refractivity contribution < 1.29 is 4.79 Å². The van der Waals surface area contributed by atoms with Gasteiger partial charge < -0.3 is 4.57 Å². The molecule has 2 rings (SSSR count). The van der Waals surface area contributed by atoms with Gasteiger partial charge in [-0.25, -0.2) is 0 Å². The second-order valence-electron chi connectivity index (χ2n) is 6.55. The molecule has 0 atom stereocenters. The smallest absolute Gasteiger partial charge is 0.164 e. The van der Waals surface area contributed by atoms with Crippen molar-refractivity contribution in [1.82, 2.24) is 4.57 Å². The minimum Gasteiger partial charge on any atom is -0.348 e. The Morgan fingerprint density at radius 1 is 1.00 bits per heavy atom. The van der Waals surface area contributed by atoms with Crippen molar-refractivity contribution in [2.24, 2.45) is 0 Å². The zero-order chi connectivity index (χ0) is 15.1. The number of nitrogens with zero attached hydrogens (tertiary/aromatic N) is 1. The molecule has 0 aromatic carbocycles. The van der Waals surface area contributed by atoms with E-state index in [1.54, 1.807) is 0 Å². The van der Waals surface area contributed by atoms with E-state index in [1.165, 1.54) is 62.8 Å². The largest absolute Gasteiger partial charge is 0.348 e. The highest BCUT2D eigenvalue weighted by Crippen LogP contribution is 2.25. The van der Waals surface area contributed by atoms with E-state index in [0.29, 0.717) is 5.78 Å². The first kappa shape index (κ1) is 16.3. The van der Waals surface area contributed by atoms with Crippen LogP contribution >= 0.6 is 0 Å². The van der Waals surface area contributed by atoms with Gasteiger partial charge in [-0.1, -0.05) is 51.9 Å². The van der Waals surface area contributed by atoms with Crippen LogP contribution in [0.25, 0.3) is 0 Å². The standard InChI is InChI=1S/C19H31NO/c1-3-4-5-6-7-8-9-10-14-20-16(2)15-17-18(20)12-11-13-19(17)21/h15H,3-14H2,1-2H3. The van der Waals surface area contributed by atoms with E-state index < -0.39 is 0 Å². The van der Waals surface area contributed by atoms with Crippen LogP contribution in [0.2, 0.25) is 0 Å². The molecule has 0 radical (unpaired) electrons. The molecule has 2 nitrogen and oxygen atoms in total. The Morgan fingerprint density at radius 2 is 1.67 bits per heavy atom. The molecule has 0 aliphatic heterocycles. The van der Waals surface area contributed by atoms with Crippen LogP contribution in [-0.2, 0) is 13.0 Å². The molecule has 1 aliphatic carbocycles. The third kappa shape index (κ3) is 4.46. The number of carbonyl (C=O) groups is 1. The maximum atomic E-state index is 11.9. The van der Waals surface area contributed by atoms with E-state index >= 15 is 0 Å². The van der Waals surface area contributed by atoms with Gasteiger partial charge in [0.15, 0.2) is 5.78 Å². The molecule has 1 aromatic rings. The molecule has 0 spiro atoms. The predicted molar refractivity (Wildman–Crippen MR) is 89.0 cm³/mol. The second kappa shape index (κ2) is 8.41. The summed E-state index contributed by atoms with van der Waals surface area (Å²) in [7, 11) is 0. The molecular weight excluding hydrogens is 258 g/mol. The molecule has 2 heteroatoms. The number of ketones is 1. The third-order valence-electron chi connectivity index (χ3n) is 4.77. The normalized spacial score (nSPS) is 14.5. The lowest BCUT2D eigenvalue weighted by atomic mass is 9.96.